The minimum atomic E-state index is -0.971. The van der Waals surface area contributed by atoms with Gasteiger partial charge in [0, 0.05) is 31.2 Å². The molecule has 1 saturated carbocycles. The van der Waals surface area contributed by atoms with E-state index in [0.717, 1.165) is 0 Å². The maximum absolute atomic E-state index is 12.6. The molecule has 146 valence electrons. The Morgan fingerprint density at radius 1 is 1.27 bits per heavy atom. The van der Waals surface area contributed by atoms with Crippen LogP contribution in [-0.2, 0) is 14.3 Å². The number of benzene rings is 1. The number of rotatable bonds is 7. The standard InChI is InChI=1S/C18H27N3O4.ClH/c1-5-24-14-10-18(19,17(14,2)3)16(23)21-12-6-8-13(9-7-12)25-11-15(22)20-4;/h6-9,14H,5,10-11,19H2,1-4H3,(H,20,22)(H,21,23);1H. The molecule has 2 rings (SSSR count). The molecule has 0 aliphatic heterocycles. The van der Waals surface area contributed by atoms with Gasteiger partial charge in [-0.05, 0) is 31.2 Å². The molecule has 4 N–H and O–H groups in total. The van der Waals surface area contributed by atoms with Crippen molar-refractivity contribution in [2.45, 2.75) is 38.8 Å². The van der Waals surface area contributed by atoms with E-state index in [4.69, 9.17) is 15.2 Å². The smallest absolute Gasteiger partial charge is 0.257 e. The van der Waals surface area contributed by atoms with Crippen LogP contribution in [0.25, 0.3) is 0 Å². The van der Waals surface area contributed by atoms with E-state index in [-0.39, 0.29) is 36.9 Å². The summed E-state index contributed by atoms with van der Waals surface area (Å²) in [6.45, 7) is 6.38. The summed E-state index contributed by atoms with van der Waals surface area (Å²) < 4.78 is 11.0. The number of carbonyl (C=O) groups excluding carboxylic acids is 2. The minimum Gasteiger partial charge on any atom is -0.484 e. The number of nitrogens with two attached hydrogens (primary N) is 1. The maximum Gasteiger partial charge on any atom is 0.257 e. The van der Waals surface area contributed by atoms with Gasteiger partial charge in [0.05, 0.1) is 6.10 Å². The molecule has 0 heterocycles. The highest BCUT2D eigenvalue weighted by Crippen LogP contribution is 2.50. The molecule has 1 aromatic carbocycles. The number of carbonyl (C=O) groups is 2. The number of likely N-dealkylation sites (N-methyl/N-ethyl adjacent to an activating group) is 1. The molecule has 0 bridgehead atoms. The van der Waals surface area contributed by atoms with Crippen LogP contribution in [0.4, 0.5) is 5.69 Å². The fourth-order valence-corrected chi connectivity index (χ4v) is 2.92. The summed E-state index contributed by atoms with van der Waals surface area (Å²) in [6.07, 6.45) is 0.473. The first kappa shape index (κ1) is 22.2. The van der Waals surface area contributed by atoms with Gasteiger partial charge in [-0.1, -0.05) is 13.8 Å². The second-order valence-electron chi connectivity index (χ2n) is 6.78. The van der Waals surface area contributed by atoms with Crippen molar-refractivity contribution < 1.29 is 19.1 Å². The monoisotopic (exact) mass is 385 g/mol. The predicted molar refractivity (Wildman–Crippen MR) is 103 cm³/mol. The number of anilines is 1. The van der Waals surface area contributed by atoms with Gasteiger partial charge in [-0.2, -0.15) is 0 Å². The van der Waals surface area contributed by atoms with Crippen molar-refractivity contribution >= 4 is 29.9 Å². The number of hydrogen-bond donors (Lipinski definition) is 3. The van der Waals surface area contributed by atoms with Crippen LogP contribution in [-0.4, -0.2) is 43.7 Å². The van der Waals surface area contributed by atoms with Gasteiger partial charge in [-0.25, -0.2) is 0 Å². The molecule has 7 nitrogen and oxygen atoms in total. The van der Waals surface area contributed by atoms with Crippen molar-refractivity contribution in [3.8, 4) is 5.75 Å². The summed E-state index contributed by atoms with van der Waals surface area (Å²) >= 11 is 0. The SMILES string of the molecule is CCOC1CC(N)(C(=O)Nc2ccc(OCC(=O)NC)cc2)C1(C)C.Cl. The number of amides is 2. The molecule has 26 heavy (non-hydrogen) atoms. The van der Waals surface area contributed by atoms with Gasteiger partial charge >= 0.3 is 0 Å². The lowest BCUT2D eigenvalue weighted by Gasteiger charge is -2.57. The molecular formula is C18H28ClN3O4. The number of nitrogens with one attached hydrogen (secondary N) is 2. The number of hydrogen-bond acceptors (Lipinski definition) is 5. The van der Waals surface area contributed by atoms with Crippen LogP contribution in [0, 0.1) is 5.41 Å². The van der Waals surface area contributed by atoms with Crippen LogP contribution >= 0.6 is 12.4 Å². The first-order valence-electron chi connectivity index (χ1n) is 8.40. The molecule has 2 atom stereocenters. The van der Waals surface area contributed by atoms with Gasteiger partial charge in [0.1, 0.15) is 11.3 Å². The van der Waals surface area contributed by atoms with Gasteiger partial charge in [0.25, 0.3) is 5.91 Å². The fourth-order valence-electron chi connectivity index (χ4n) is 2.92. The highest BCUT2D eigenvalue weighted by atomic mass is 35.5. The molecule has 0 spiro atoms. The van der Waals surface area contributed by atoms with Crippen molar-refractivity contribution in [1.29, 1.82) is 0 Å². The van der Waals surface area contributed by atoms with Gasteiger partial charge < -0.3 is 25.8 Å². The van der Waals surface area contributed by atoms with E-state index < -0.39 is 11.0 Å². The first-order valence-corrected chi connectivity index (χ1v) is 8.40. The maximum atomic E-state index is 12.6. The Bertz CT molecular complexity index is 636. The zero-order valence-electron chi connectivity index (χ0n) is 15.6. The first-order chi connectivity index (χ1) is 11.7. The lowest BCUT2D eigenvalue weighted by molar-refractivity contribution is -0.166. The molecule has 0 radical (unpaired) electrons. The van der Waals surface area contributed by atoms with Crippen molar-refractivity contribution in [1.82, 2.24) is 5.32 Å². The van der Waals surface area contributed by atoms with Crippen LogP contribution < -0.4 is 21.1 Å². The average molecular weight is 386 g/mol. The van der Waals surface area contributed by atoms with Crippen molar-refractivity contribution in [2.75, 3.05) is 25.6 Å². The van der Waals surface area contributed by atoms with E-state index in [9.17, 15) is 9.59 Å². The van der Waals surface area contributed by atoms with Gasteiger partial charge in [0.2, 0.25) is 5.91 Å². The zero-order valence-corrected chi connectivity index (χ0v) is 16.4. The minimum absolute atomic E-state index is 0. The Morgan fingerprint density at radius 2 is 1.88 bits per heavy atom. The molecule has 2 unspecified atom stereocenters. The molecule has 1 aliphatic rings. The average Bonchev–Trinajstić information content (AvgIpc) is 2.60. The summed E-state index contributed by atoms with van der Waals surface area (Å²) in [5.41, 5.74) is 5.57. The predicted octanol–water partition coefficient (Wildman–Crippen LogP) is 1.70. The number of ether oxygens (including phenoxy) is 2. The van der Waals surface area contributed by atoms with Crippen molar-refractivity contribution in [3.63, 3.8) is 0 Å². The normalized spacial score (nSPS) is 23.2. The lowest BCUT2D eigenvalue weighted by Crippen LogP contribution is -2.74. The summed E-state index contributed by atoms with van der Waals surface area (Å²) in [5, 5.41) is 5.33. The van der Waals surface area contributed by atoms with Crippen LogP contribution in [0.5, 0.6) is 5.75 Å². The third-order valence-corrected chi connectivity index (χ3v) is 5.00. The third-order valence-electron chi connectivity index (χ3n) is 5.00. The molecule has 1 aromatic rings. The van der Waals surface area contributed by atoms with E-state index in [1.54, 1.807) is 31.3 Å². The zero-order chi connectivity index (χ0) is 18.7. The van der Waals surface area contributed by atoms with Crippen LogP contribution in [0.3, 0.4) is 0 Å². The Labute approximate surface area is 160 Å². The van der Waals surface area contributed by atoms with Crippen molar-refractivity contribution in [3.05, 3.63) is 24.3 Å². The molecule has 0 saturated heterocycles. The highest BCUT2D eigenvalue weighted by molar-refractivity contribution is 5.99. The Hall–Kier alpha value is -1.83. The number of halogens is 1. The molecule has 1 aliphatic carbocycles. The van der Waals surface area contributed by atoms with E-state index in [0.29, 0.717) is 24.5 Å². The Balaban J connectivity index is 0.00000338. The van der Waals surface area contributed by atoms with Crippen LogP contribution in [0.2, 0.25) is 0 Å². The van der Waals surface area contributed by atoms with Gasteiger partial charge in [-0.15, -0.1) is 12.4 Å². The van der Waals surface area contributed by atoms with Crippen LogP contribution in [0.1, 0.15) is 27.2 Å². The molecule has 0 aromatic heterocycles. The second-order valence-corrected chi connectivity index (χ2v) is 6.78. The molecular weight excluding hydrogens is 358 g/mol. The fraction of sp³-hybridized carbons (Fsp3) is 0.556. The summed E-state index contributed by atoms with van der Waals surface area (Å²) in [6, 6.07) is 6.81. The van der Waals surface area contributed by atoms with Gasteiger partial charge in [-0.3, -0.25) is 9.59 Å². The molecule has 1 fully saturated rings. The van der Waals surface area contributed by atoms with Crippen LogP contribution in [0.15, 0.2) is 24.3 Å². The summed E-state index contributed by atoms with van der Waals surface area (Å²) in [7, 11) is 1.55. The van der Waals surface area contributed by atoms with Gasteiger partial charge in [0.15, 0.2) is 6.61 Å². The largest absolute Gasteiger partial charge is 0.484 e. The van der Waals surface area contributed by atoms with E-state index in [1.807, 2.05) is 20.8 Å². The Kier molecular flexibility index (Phi) is 7.44. The van der Waals surface area contributed by atoms with E-state index >= 15 is 0 Å². The summed E-state index contributed by atoms with van der Waals surface area (Å²) in [5.74, 6) is 0.107. The topological polar surface area (TPSA) is 103 Å². The summed E-state index contributed by atoms with van der Waals surface area (Å²) in [4.78, 5) is 23.8. The third kappa shape index (κ3) is 4.28. The van der Waals surface area contributed by atoms with Crippen molar-refractivity contribution in [2.24, 2.45) is 11.1 Å². The lowest BCUT2D eigenvalue weighted by atomic mass is 9.54. The molecule has 2 amide bonds. The van der Waals surface area contributed by atoms with E-state index in [2.05, 4.69) is 10.6 Å². The highest BCUT2D eigenvalue weighted by Gasteiger charge is 2.62. The molecule has 8 heteroatoms. The quantitative estimate of drug-likeness (QED) is 0.663. The second kappa shape index (κ2) is 8.70. The Morgan fingerprint density at radius 3 is 2.38 bits per heavy atom. The van der Waals surface area contributed by atoms with E-state index in [1.165, 1.54) is 0 Å².